The smallest absolute Gasteiger partial charge is 0.317 e. The van der Waals surface area contributed by atoms with E-state index in [2.05, 4.69) is 19.2 Å². The van der Waals surface area contributed by atoms with Gasteiger partial charge < -0.3 is 19.7 Å². The van der Waals surface area contributed by atoms with Crippen molar-refractivity contribution in [1.29, 1.82) is 0 Å². The zero-order chi connectivity index (χ0) is 19.2. The normalized spacial score (nSPS) is 11.0. The molecule has 0 bridgehead atoms. The summed E-state index contributed by atoms with van der Waals surface area (Å²) < 4.78 is 10.7. The van der Waals surface area contributed by atoms with Crippen LogP contribution < -0.4 is 14.8 Å². The number of methoxy groups -OCH3 is 2. The molecule has 26 heavy (non-hydrogen) atoms. The SMILES string of the molecule is COc1ccc(C(C)(C)CNC(=O)N(C)Cc2ccccc2)cc1OC. The molecule has 0 saturated carbocycles. The van der Waals surface area contributed by atoms with Gasteiger partial charge in [0.25, 0.3) is 0 Å². The number of benzene rings is 2. The van der Waals surface area contributed by atoms with Crippen LogP contribution in [0.2, 0.25) is 0 Å². The van der Waals surface area contributed by atoms with Crippen molar-refractivity contribution in [3.63, 3.8) is 0 Å². The highest BCUT2D eigenvalue weighted by Crippen LogP contribution is 2.32. The van der Waals surface area contributed by atoms with Gasteiger partial charge in [-0.3, -0.25) is 0 Å². The van der Waals surface area contributed by atoms with Crippen molar-refractivity contribution in [1.82, 2.24) is 10.2 Å². The molecule has 2 aromatic carbocycles. The zero-order valence-corrected chi connectivity index (χ0v) is 16.2. The fourth-order valence-electron chi connectivity index (χ4n) is 2.72. The number of carbonyl (C=O) groups is 1. The van der Waals surface area contributed by atoms with Crippen molar-refractivity contribution in [3.05, 3.63) is 59.7 Å². The molecule has 0 aliphatic carbocycles. The van der Waals surface area contributed by atoms with Crippen molar-refractivity contribution in [3.8, 4) is 11.5 Å². The van der Waals surface area contributed by atoms with Gasteiger partial charge in [0.15, 0.2) is 11.5 Å². The zero-order valence-electron chi connectivity index (χ0n) is 16.2. The van der Waals surface area contributed by atoms with Gasteiger partial charge in [-0.1, -0.05) is 50.2 Å². The van der Waals surface area contributed by atoms with Crippen LogP contribution in [0.4, 0.5) is 4.79 Å². The maximum Gasteiger partial charge on any atom is 0.317 e. The molecule has 0 atom stereocenters. The molecule has 0 saturated heterocycles. The third-order valence-corrected chi connectivity index (χ3v) is 4.46. The molecule has 1 N–H and O–H groups in total. The highest BCUT2D eigenvalue weighted by molar-refractivity contribution is 5.74. The Morgan fingerprint density at radius 3 is 2.31 bits per heavy atom. The number of nitrogens with one attached hydrogen (secondary N) is 1. The Morgan fingerprint density at radius 2 is 1.69 bits per heavy atom. The predicted molar refractivity (Wildman–Crippen MR) is 104 cm³/mol. The number of urea groups is 1. The number of amides is 2. The lowest BCUT2D eigenvalue weighted by atomic mass is 9.84. The van der Waals surface area contributed by atoms with Gasteiger partial charge in [-0.2, -0.15) is 0 Å². The molecule has 0 aliphatic rings. The minimum Gasteiger partial charge on any atom is -0.493 e. The van der Waals surface area contributed by atoms with Crippen molar-refractivity contribution in [2.75, 3.05) is 27.8 Å². The number of hydrogen-bond acceptors (Lipinski definition) is 3. The minimum atomic E-state index is -0.247. The van der Waals surface area contributed by atoms with Gasteiger partial charge in [0.2, 0.25) is 0 Å². The van der Waals surface area contributed by atoms with Crippen LogP contribution in [0.25, 0.3) is 0 Å². The summed E-state index contributed by atoms with van der Waals surface area (Å²) in [4.78, 5) is 14.1. The number of carbonyl (C=O) groups excluding carboxylic acids is 1. The largest absolute Gasteiger partial charge is 0.493 e. The molecule has 0 heterocycles. The summed E-state index contributed by atoms with van der Waals surface area (Å²) in [6.45, 7) is 5.27. The maximum atomic E-state index is 12.4. The highest BCUT2D eigenvalue weighted by atomic mass is 16.5. The van der Waals surface area contributed by atoms with Crippen molar-refractivity contribution < 1.29 is 14.3 Å². The van der Waals surface area contributed by atoms with Crippen LogP contribution in [-0.4, -0.2) is 38.7 Å². The Morgan fingerprint density at radius 1 is 1.04 bits per heavy atom. The summed E-state index contributed by atoms with van der Waals surface area (Å²) in [7, 11) is 5.03. The molecule has 0 fully saturated rings. The molecule has 2 amide bonds. The summed E-state index contributed by atoms with van der Waals surface area (Å²) in [6.07, 6.45) is 0. The first-order valence-corrected chi connectivity index (χ1v) is 8.63. The number of ether oxygens (including phenoxy) is 2. The molecule has 0 radical (unpaired) electrons. The number of rotatable bonds is 7. The number of hydrogen-bond donors (Lipinski definition) is 1. The van der Waals surface area contributed by atoms with Crippen LogP contribution in [0.3, 0.4) is 0 Å². The Kier molecular flexibility index (Phi) is 6.50. The van der Waals surface area contributed by atoms with Gasteiger partial charge >= 0.3 is 6.03 Å². The van der Waals surface area contributed by atoms with E-state index in [0.717, 1.165) is 11.1 Å². The van der Waals surface area contributed by atoms with Gasteiger partial charge in [0.1, 0.15) is 0 Å². The van der Waals surface area contributed by atoms with E-state index >= 15 is 0 Å². The lowest BCUT2D eigenvalue weighted by Gasteiger charge is -2.28. The molecule has 2 rings (SSSR count). The Balaban J connectivity index is 1.99. The third-order valence-electron chi connectivity index (χ3n) is 4.46. The van der Waals surface area contributed by atoms with Crippen molar-refractivity contribution in [2.24, 2.45) is 0 Å². The fourth-order valence-corrected chi connectivity index (χ4v) is 2.72. The molecule has 140 valence electrons. The van der Waals surface area contributed by atoms with E-state index in [-0.39, 0.29) is 11.4 Å². The Bertz CT molecular complexity index is 729. The van der Waals surface area contributed by atoms with Crippen molar-refractivity contribution >= 4 is 6.03 Å². The first-order chi connectivity index (χ1) is 12.4. The minimum absolute atomic E-state index is 0.0950. The van der Waals surface area contributed by atoms with E-state index in [0.29, 0.717) is 24.6 Å². The van der Waals surface area contributed by atoms with Gasteiger partial charge in [-0.25, -0.2) is 4.79 Å². The van der Waals surface area contributed by atoms with Crippen LogP contribution in [0, 0.1) is 0 Å². The summed E-state index contributed by atoms with van der Waals surface area (Å²) in [5.41, 5.74) is 1.92. The van der Waals surface area contributed by atoms with Gasteiger partial charge in [0, 0.05) is 25.6 Å². The molecule has 5 nitrogen and oxygen atoms in total. The van der Waals surface area contributed by atoms with Crippen LogP contribution in [-0.2, 0) is 12.0 Å². The van der Waals surface area contributed by atoms with E-state index in [4.69, 9.17) is 9.47 Å². The maximum absolute atomic E-state index is 12.4. The van der Waals surface area contributed by atoms with Crippen LogP contribution in [0.1, 0.15) is 25.0 Å². The van der Waals surface area contributed by atoms with Crippen LogP contribution in [0.5, 0.6) is 11.5 Å². The topological polar surface area (TPSA) is 50.8 Å². The first-order valence-electron chi connectivity index (χ1n) is 8.63. The highest BCUT2D eigenvalue weighted by Gasteiger charge is 2.24. The van der Waals surface area contributed by atoms with E-state index in [1.165, 1.54) is 0 Å². The Hall–Kier alpha value is -2.69. The second-order valence-electron chi connectivity index (χ2n) is 6.95. The third kappa shape index (κ3) is 4.91. The van der Waals surface area contributed by atoms with E-state index < -0.39 is 0 Å². The lowest BCUT2D eigenvalue weighted by molar-refractivity contribution is 0.204. The fraction of sp³-hybridized carbons (Fsp3) is 0.381. The summed E-state index contributed by atoms with van der Waals surface area (Å²) in [5.74, 6) is 1.38. The molecule has 0 aromatic heterocycles. The standard InChI is InChI=1S/C21H28N2O3/c1-21(2,17-11-12-18(25-4)19(13-17)26-5)15-22-20(24)23(3)14-16-9-7-6-8-10-16/h6-13H,14-15H2,1-5H3,(H,22,24). The monoisotopic (exact) mass is 356 g/mol. The van der Waals surface area contributed by atoms with Crippen molar-refractivity contribution in [2.45, 2.75) is 25.8 Å². The first kappa shape index (κ1) is 19.6. The average molecular weight is 356 g/mol. The van der Waals surface area contributed by atoms with Gasteiger partial charge in [-0.15, -0.1) is 0 Å². The van der Waals surface area contributed by atoms with Gasteiger partial charge in [0.05, 0.1) is 14.2 Å². The Labute approximate surface area is 155 Å². The van der Waals surface area contributed by atoms with E-state index in [9.17, 15) is 4.79 Å². The molecule has 0 spiro atoms. The van der Waals surface area contributed by atoms with Crippen LogP contribution in [0.15, 0.2) is 48.5 Å². The number of nitrogens with zero attached hydrogens (tertiary/aromatic N) is 1. The molecule has 0 unspecified atom stereocenters. The second-order valence-corrected chi connectivity index (χ2v) is 6.95. The summed E-state index contributed by atoms with van der Waals surface area (Å²) in [5, 5.41) is 3.02. The molecular weight excluding hydrogens is 328 g/mol. The summed E-state index contributed by atoms with van der Waals surface area (Å²) in [6, 6.07) is 15.7. The van der Waals surface area contributed by atoms with Gasteiger partial charge in [-0.05, 0) is 23.3 Å². The van der Waals surface area contributed by atoms with E-state index in [1.54, 1.807) is 26.2 Å². The summed E-state index contributed by atoms with van der Waals surface area (Å²) >= 11 is 0. The molecule has 5 heteroatoms. The van der Waals surface area contributed by atoms with Crippen LogP contribution >= 0.6 is 0 Å². The van der Waals surface area contributed by atoms with E-state index in [1.807, 2.05) is 48.5 Å². The predicted octanol–water partition coefficient (Wildman–Crippen LogP) is 3.82. The molecule has 0 aliphatic heterocycles. The quantitative estimate of drug-likeness (QED) is 0.820. The average Bonchev–Trinajstić information content (AvgIpc) is 2.66. The lowest BCUT2D eigenvalue weighted by Crippen LogP contribution is -2.42. The second kappa shape index (κ2) is 8.61. The molecule has 2 aromatic rings. The molecular formula is C21H28N2O3.